The molecule has 1 aliphatic heterocycles. The zero-order valence-corrected chi connectivity index (χ0v) is 9.71. The molecule has 0 aromatic carbocycles. The highest BCUT2D eigenvalue weighted by Gasteiger charge is 2.28. The third kappa shape index (κ3) is 2.37. The monoisotopic (exact) mass is 198 g/mol. The molecule has 0 saturated heterocycles. The summed E-state index contributed by atoms with van der Waals surface area (Å²) in [6, 6.07) is 0. The van der Waals surface area contributed by atoms with E-state index in [1.54, 1.807) is 0 Å². The standard InChI is InChI=1S/C12H22O2/c1-5-10-6-9(4)11(7-13)12(14-10)8(2)3/h8,10,12-13H,5-7H2,1-4H3. The maximum Gasteiger partial charge on any atom is 0.0836 e. The Labute approximate surface area is 87.0 Å². The second kappa shape index (κ2) is 4.94. The molecule has 1 heterocycles. The van der Waals surface area contributed by atoms with Crippen LogP contribution in [0.25, 0.3) is 0 Å². The zero-order chi connectivity index (χ0) is 10.7. The summed E-state index contributed by atoms with van der Waals surface area (Å²) in [4.78, 5) is 0. The molecule has 2 unspecified atom stereocenters. The fourth-order valence-electron chi connectivity index (χ4n) is 2.08. The lowest BCUT2D eigenvalue weighted by Crippen LogP contribution is -2.34. The summed E-state index contributed by atoms with van der Waals surface area (Å²) in [5.41, 5.74) is 2.43. The SMILES string of the molecule is CCC1CC(C)=C(CO)C(C(C)C)O1. The lowest BCUT2D eigenvalue weighted by Gasteiger charge is -2.34. The minimum absolute atomic E-state index is 0.124. The van der Waals surface area contributed by atoms with Gasteiger partial charge in [0.15, 0.2) is 0 Å². The van der Waals surface area contributed by atoms with Crippen molar-refractivity contribution in [3.05, 3.63) is 11.1 Å². The Balaban J connectivity index is 2.85. The number of ether oxygens (including phenoxy) is 1. The molecule has 2 heteroatoms. The number of hydrogen-bond donors (Lipinski definition) is 1. The van der Waals surface area contributed by atoms with Crippen LogP contribution in [0.3, 0.4) is 0 Å². The summed E-state index contributed by atoms with van der Waals surface area (Å²) in [7, 11) is 0. The van der Waals surface area contributed by atoms with E-state index >= 15 is 0 Å². The molecule has 2 nitrogen and oxygen atoms in total. The van der Waals surface area contributed by atoms with Crippen LogP contribution in [0.15, 0.2) is 11.1 Å². The average Bonchev–Trinajstić information content (AvgIpc) is 2.16. The van der Waals surface area contributed by atoms with Crippen molar-refractivity contribution < 1.29 is 9.84 Å². The number of rotatable bonds is 3. The predicted molar refractivity (Wildman–Crippen MR) is 58.2 cm³/mol. The lowest BCUT2D eigenvalue weighted by molar-refractivity contribution is -0.0328. The van der Waals surface area contributed by atoms with Crippen molar-refractivity contribution in [3.8, 4) is 0 Å². The highest BCUT2D eigenvalue weighted by molar-refractivity contribution is 5.21. The van der Waals surface area contributed by atoms with E-state index in [-0.39, 0.29) is 12.7 Å². The Morgan fingerprint density at radius 2 is 2.14 bits per heavy atom. The maximum atomic E-state index is 9.30. The van der Waals surface area contributed by atoms with Gasteiger partial charge < -0.3 is 9.84 Å². The Morgan fingerprint density at radius 1 is 1.50 bits per heavy atom. The van der Waals surface area contributed by atoms with Crippen molar-refractivity contribution in [2.75, 3.05) is 6.61 Å². The van der Waals surface area contributed by atoms with Crippen LogP contribution in [0.1, 0.15) is 40.5 Å². The highest BCUT2D eigenvalue weighted by Crippen LogP contribution is 2.30. The van der Waals surface area contributed by atoms with E-state index in [2.05, 4.69) is 27.7 Å². The fourth-order valence-corrected chi connectivity index (χ4v) is 2.08. The van der Waals surface area contributed by atoms with E-state index < -0.39 is 0 Å². The Kier molecular flexibility index (Phi) is 4.14. The first kappa shape index (κ1) is 11.7. The fraction of sp³-hybridized carbons (Fsp3) is 0.833. The van der Waals surface area contributed by atoms with E-state index in [9.17, 15) is 5.11 Å². The number of aliphatic hydroxyl groups excluding tert-OH is 1. The molecule has 2 atom stereocenters. The summed E-state index contributed by atoms with van der Waals surface area (Å²) < 4.78 is 5.95. The van der Waals surface area contributed by atoms with Crippen LogP contribution in [0.2, 0.25) is 0 Å². The van der Waals surface area contributed by atoms with Gasteiger partial charge in [-0.25, -0.2) is 0 Å². The molecule has 0 saturated carbocycles. The van der Waals surface area contributed by atoms with Gasteiger partial charge in [0.25, 0.3) is 0 Å². The smallest absolute Gasteiger partial charge is 0.0836 e. The molecule has 0 radical (unpaired) electrons. The quantitative estimate of drug-likeness (QED) is 0.706. The van der Waals surface area contributed by atoms with Crippen LogP contribution in [0.5, 0.6) is 0 Å². The van der Waals surface area contributed by atoms with Crippen molar-refractivity contribution in [2.45, 2.75) is 52.7 Å². The third-order valence-corrected chi connectivity index (χ3v) is 3.00. The Bertz CT molecular complexity index is 218. The molecule has 0 aromatic rings. The van der Waals surface area contributed by atoms with Gasteiger partial charge in [-0.3, -0.25) is 0 Å². The molecule has 82 valence electrons. The molecule has 1 rings (SSSR count). The van der Waals surface area contributed by atoms with Crippen molar-refractivity contribution in [3.63, 3.8) is 0 Å². The van der Waals surface area contributed by atoms with Gasteiger partial charge in [-0.05, 0) is 31.3 Å². The van der Waals surface area contributed by atoms with Gasteiger partial charge >= 0.3 is 0 Å². The van der Waals surface area contributed by atoms with Gasteiger partial charge in [-0.15, -0.1) is 0 Å². The van der Waals surface area contributed by atoms with E-state index in [1.165, 1.54) is 5.57 Å². The van der Waals surface area contributed by atoms with Gasteiger partial charge in [0, 0.05) is 0 Å². The van der Waals surface area contributed by atoms with E-state index in [1.807, 2.05) is 0 Å². The first-order chi connectivity index (χ1) is 6.60. The Morgan fingerprint density at radius 3 is 2.57 bits per heavy atom. The molecule has 0 fully saturated rings. The molecule has 0 aliphatic carbocycles. The number of hydrogen-bond acceptors (Lipinski definition) is 2. The van der Waals surface area contributed by atoms with Crippen molar-refractivity contribution >= 4 is 0 Å². The molecule has 0 amide bonds. The van der Waals surface area contributed by atoms with E-state index in [0.717, 1.165) is 18.4 Å². The van der Waals surface area contributed by atoms with Gasteiger partial charge in [0.1, 0.15) is 0 Å². The molecular formula is C12H22O2. The highest BCUT2D eigenvalue weighted by atomic mass is 16.5. The largest absolute Gasteiger partial charge is 0.392 e. The van der Waals surface area contributed by atoms with Gasteiger partial charge in [-0.1, -0.05) is 26.3 Å². The molecule has 0 bridgehead atoms. The van der Waals surface area contributed by atoms with Crippen molar-refractivity contribution in [1.29, 1.82) is 0 Å². The zero-order valence-electron chi connectivity index (χ0n) is 9.71. The van der Waals surface area contributed by atoms with Crippen LogP contribution in [-0.4, -0.2) is 23.9 Å². The lowest BCUT2D eigenvalue weighted by atomic mass is 9.89. The van der Waals surface area contributed by atoms with Crippen molar-refractivity contribution in [2.24, 2.45) is 5.92 Å². The van der Waals surface area contributed by atoms with E-state index in [0.29, 0.717) is 12.0 Å². The van der Waals surface area contributed by atoms with Crippen LogP contribution in [0.4, 0.5) is 0 Å². The molecule has 14 heavy (non-hydrogen) atoms. The van der Waals surface area contributed by atoms with E-state index in [4.69, 9.17) is 4.74 Å². The van der Waals surface area contributed by atoms with Crippen LogP contribution >= 0.6 is 0 Å². The summed E-state index contributed by atoms with van der Waals surface area (Å²) in [5.74, 6) is 0.446. The summed E-state index contributed by atoms with van der Waals surface area (Å²) >= 11 is 0. The third-order valence-electron chi connectivity index (χ3n) is 3.00. The van der Waals surface area contributed by atoms with Crippen LogP contribution < -0.4 is 0 Å². The molecule has 1 aliphatic rings. The molecule has 0 aromatic heterocycles. The molecule has 0 spiro atoms. The second-order valence-electron chi connectivity index (χ2n) is 4.50. The summed E-state index contributed by atoms with van der Waals surface area (Å²) in [5, 5.41) is 9.30. The minimum atomic E-state index is 0.124. The van der Waals surface area contributed by atoms with Crippen LogP contribution in [-0.2, 0) is 4.74 Å². The van der Waals surface area contributed by atoms with Gasteiger partial charge in [-0.2, -0.15) is 0 Å². The Hall–Kier alpha value is -0.340. The second-order valence-corrected chi connectivity index (χ2v) is 4.50. The average molecular weight is 198 g/mol. The van der Waals surface area contributed by atoms with Crippen LogP contribution in [0, 0.1) is 5.92 Å². The maximum absolute atomic E-state index is 9.30. The topological polar surface area (TPSA) is 29.5 Å². The summed E-state index contributed by atoms with van der Waals surface area (Å²) in [6.45, 7) is 8.70. The normalized spacial score (nSPS) is 28.7. The van der Waals surface area contributed by atoms with Crippen molar-refractivity contribution in [1.82, 2.24) is 0 Å². The minimum Gasteiger partial charge on any atom is -0.392 e. The molecular weight excluding hydrogens is 176 g/mol. The predicted octanol–water partition coefficient (Wildman–Crippen LogP) is 2.52. The number of aliphatic hydroxyl groups is 1. The first-order valence-corrected chi connectivity index (χ1v) is 5.55. The summed E-state index contributed by atoms with van der Waals surface area (Å²) in [6.07, 6.45) is 2.51. The van der Waals surface area contributed by atoms with Gasteiger partial charge in [0.05, 0.1) is 18.8 Å². The first-order valence-electron chi connectivity index (χ1n) is 5.55. The van der Waals surface area contributed by atoms with Gasteiger partial charge in [0.2, 0.25) is 0 Å². The molecule has 1 N–H and O–H groups in total.